The highest BCUT2D eigenvalue weighted by molar-refractivity contribution is 6.22. The SMILES string of the molecule is CC(C(=O)OCC(=O)NCC1(N2CCOCC2)CCCCC1)N1C(=O)c2ccccc2C1=O. The molecule has 1 atom stereocenters. The molecule has 9 heteroatoms. The van der Waals surface area contributed by atoms with Crippen molar-refractivity contribution in [1.29, 1.82) is 0 Å². The van der Waals surface area contributed by atoms with Gasteiger partial charge in [-0.1, -0.05) is 31.4 Å². The topological polar surface area (TPSA) is 105 Å². The maximum absolute atomic E-state index is 12.6. The molecule has 0 aromatic heterocycles. The van der Waals surface area contributed by atoms with Crippen LogP contribution >= 0.6 is 0 Å². The first-order valence-electron chi connectivity index (χ1n) is 11.7. The second-order valence-corrected chi connectivity index (χ2v) is 8.97. The summed E-state index contributed by atoms with van der Waals surface area (Å²) in [7, 11) is 0. The van der Waals surface area contributed by atoms with Gasteiger partial charge in [0.25, 0.3) is 17.7 Å². The van der Waals surface area contributed by atoms with E-state index in [9.17, 15) is 19.2 Å². The first-order valence-corrected chi connectivity index (χ1v) is 11.7. The molecule has 33 heavy (non-hydrogen) atoms. The van der Waals surface area contributed by atoms with Crippen LogP contribution in [0.1, 0.15) is 59.7 Å². The minimum atomic E-state index is -1.12. The summed E-state index contributed by atoms with van der Waals surface area (Å²) in [6.07, 6.45) is 5.49. The third-order valence-electron chi connectivity index (χ3n) is 6.98. The number of ether oxygens (including phenoxy) is 2. The van der Waals surface area contributed by atoms with Crippen LogP contribution in [0.25, 0.3) is 0 Å². The third kappa shape index (κ3) is 4.79. The van der Waals surface area contributed by atoms with Crippen LogP contribution in [0.15, 0.2) is 24.3 Å². The fourth-order valence-electron chi connectivity index (χ4n) is 5.09. The highest BCUT2D eigenvalue weighted by Gasteiger charge is 2.42. The van der Waals surface area contributed by atoms with Gasteiger partial charge in [0.1, 0.15) is 6.04 Å². The average Bonchev–Trinajstić information content (AvgIpc) is 3.11. The summed E-state index contributed by atoms with van der Waals surface area (Å²) in [4.78, 5) is 53.4. The summed E-state index contributed by atoms with van der Waals surface area (Å²) in [5.74, 6) is -2.25. The molecule has 0 spiro atoms. The molecular weight excluding hydrogens is 426 g/mol. The molecule has 9 nitrogen and oxygen atoms in total. The van der Waals surface area contributed by atoms with Crippen LogP contribution in [-0.4, -0.2) is 84.5 Å². The van der Waals surface area contributed by atoms with Crippen molar-refractivity contribution in [3.8, 4) is 0 Å². The predicted molar refractivity (Wildman–Crippen MR) is 119 cm³/mol. The largest absolute Gasteiger partial charge is 0.454 e. The molecule has 1 saturated heterocycles. The summed E-state index contributed by atoms with van der Waals surface area (Å²) in [5, 5.41) is 2.94. The van der Waals surface area contributed by atoms with Crippen LogP contribution in [0.5, 0.6) is 0 Å². The van der Waals surface area contributed by atoms with Crippen molar-refractivity contribution in [2.75, 3.05) is 39.5 Å². The lowest BCUT2D eigenvalue weighted by atomic mass is 9.79. The fraction of sp³-hybridized carbons (Fsp3) is 0.583. The Labute approximate surface area is 193 Å². The molecule has 1 saturated carbocycles. The molecule has 1 aromatic rings. The van der Waals surface area contributed by atoms with E-state index in [0.29, 0.717) is 19.8 Å². The van der Waals surface area contributed by atoms with Gasteiger partial charge in [0, 0.05) is 25.2 Å². The molecule has 1 aromatic carbocycles. The van der Waals surface area contributed by atoms with Gasteiger partial charge in [0.15, 0.2) is 6.61 Å². The van der Waals surface area contributed by atoms with Gasteiger partial charge in [0.05, 0.1) is 24.3 Å². The molecule has 2 heterocycles. The van der Waals surface area contributed by atoms with Crippen molar-refractivity contribution in [1.82, 2.24) is 15.1 Å². The Morgan fingerprint density at radius 2 is 1.67 bits per heavy atom. The van der Waals surface area contributed by atoms with Gasteiger partial charge in [-0.15, -0.1) is 0 Å². The van der Waals surface area contributed by atoms with Crippen LogP contribution in [0.3, 0.4) is 0 Å². The van der Waals surface area contributed by atoms with Gasteiger partial charge < -0.3 is 14.8 Å². The molecule has 4 rings (SSSR count). The number of imide groups is 1. The smallest absolute Gasteiger partial charge is 0.329 e. The lowest BCUT2D eigenvalue weighted by Gasteiger charge is -2.48. The van der Waals surface area contributed by atoms with Gasteiger partial charge in [-0.3, -0.25) is 24.2 Å². The van der Waals surface area contributed by atoms with Gasteiger partial charge >= 0.3 is 5.97 Å². The second-order valence-electron chi connectivity index (χ2n) is 8.97. The van der Waals surface area contributed by atoms with Crippen LogP contribution in [0.2, 0.25) is 0 Å². The zero-order valence-electron chi connectivity index (χ0n) is 19.0. The quantitative estimate of drug-likeness (QED) is 0.487. The fourth-order valence-corrected chi connectivity index (χ4v) is 5.09. The Kier molecular flexibility index (Phi) is 7.09. The van der Waals surface area contributed by atoms with Gasteiger partial charge in [0.2, 0.25) is 0 Å². The number of hydrogen-bond donors (Lipinski definition) is 1. The van der Waals surface area contributed by atoms with E-state index in [2.05, 4.69) is 10.2 Å². The predicted octanol–water partition coefficient (Wildman–Crippen LogP) is 1.37. The van der Waals surface area contributed by atoms with Gasteiger partial charge in [-0.25, -0.2) is 4.79 Å². The number of rotatable bonds is 7. The standard InChI is InChI=1S/C24H31N3O6/c1-17(27-21(29)18-7-3-4-8-19(18)22(27)30)23(31)33-15-20(28)25-16-24(9-5-2-6-10-24)26-11-13-32-14-12-26/h3-4,7-8,17H,2,5-6,9-16H2,1H3,(H,25,28). The molecule has 2 aliphatic heterocycles. The maximum atomic E-state index is 12.6. The highest BCUT2D eigenvalue weighted by Crippen LogP contribution is 2.34. The number of nitrogens with zero attached hydrogens (tertiary/aromatic N) is 2. The lowest BCUT2D eigenvalue weighted by Crippen LogP contribution is -2.60. The van der Waals surface area contributed by atoms with E-state index < -0.39 is 36.3 Å². The van der Waals surface area contributed by atoms with E-state index in [4.69, 9.17) is 9.47 Å². The lowest BCUT2D eigenvalue weighted by molar-refractivity contribution is -0.152. The highest BCUT2D eigenvalue weighted by atomic mass is 16.5. The van der Waals surface area contributed by atoms with E-state index >= 15 is 0 Å². The Morgan fingerprint density at radius 1 is 1.06 bits per heavy atom. The zero-order chi connectivity index (χ0) is 23.4. The zero-order valence-corrected chi connectivity index (χ0v) is 19.0. The second kappa shape index (κ2) is 10.0. The molecule has 1 unspecified atom stereocenters. The summed E-state index contributed by atoms with van der Waals surface area (Å²) >= 11 is 0. The third-order valence-corrected chi connectivity index (χ3v) is 6.98. The summed E-state index contributed by atoms with van der Waals surface area (Å²) in [5.41, 5.74) is 0.441. The van der Waals surface area contributed by atoms with E-state index in [1.165, 1.54) is 13.3 Å². The molecular formula is C24H31N3O6. The maximum Gasteiger partial charge on any atom is 0.329 e. The van der Waals surface area contributed by atoms with Crippen molar-refractivity contribution in [3.05, 3.63) is 35.4 Å². The normalized spacial score (nSPS) is 21.4. The molecule has 1 aliphatic carbocycles. The average molecular weight is 458 g/mol. The van der Waals surface area contributed by atoms with Gasteiger partial charge in [-0.05, 0) is 31.9 Å². The van der Waals surface area contributed by atoms with Crippen molar-refractivity contribution in [2.24, 2.45) is 0 Å². The van der Waals surface area contributed by atoms with Crippen molar-refractivity contribution in [3.63, 3.8) is 0 Å². The number of esters is 1. The Bertz CT molecular complexity index is 886. The summed E-state index contributed by atoms with van der Waals surface area (Å²) < 4.78 is 10.6. The van der Waals surface area contributed by atoms with Crippen molar-refractivity contribution in [2.45, 2.75) is 50.6 Å². The molecule has 2 fully saturated rings. The molecule has 0 bridgehead atoms. The van der Waals surface area contributed by atoms with Crippen LogP contribution in [0, 0.1) is 0 Å². The van der Waals surface area contributed by atoms with E-state index in [0.717, 1.165) is 43.7 Å². The van der Waals surface area contributed by atoms with Crippen molar-refractivity contribution >= 4 is 23.7 Å². The Hall–Kier alpha value is -2.78. The molecule has 3 amide bonds. The number of morpholine rings is 1. The number of amides is 3. The molecule has 1 N–H and O–H groups in total. The van der Waals surface area contributed by atoms with E-state index in [1.807, 2.05) is 0 Å². The Balaban J connectivity index is 1.30. The van der Waals surface area contributed by atoms with Crippen LogP contribution < -0.4 is 5.32 Å². The summed E-state index contributed by atoms with van der Waals surface area (Å²) in [6, 6.07) is 5.31. The monoisotopic (exact) mass is 457 g/mol. The van der Waals surface area contributed by atoms with E-state index in [1.54, 1.807) is 24.3 Å². The molecule has 178 valence electrons. The number of carbonyl (C=O) groups is 4. The first kappa shape index (κ1) is 23.4. The Morgan fingerprint density at radius 3 is 2.27 bits per heavy atom. The minimum absolute atomic E-state index is 0.0881. The number of carbonyl (C=O) groups excluding carboxylic acids is 4. The number of benzene rings is 1. The van der Waals surface area contributed by atoms with E-state index in [-0.39, 0.29) is 16.7 Å². The van der Waals surface area contributed by atoms with Crippen LogP contribution in [-0.2, 0) is 19.1 Å². The summed E-state index contributed by atoms with van der Waals surface area (Å²) in [6.45, 7) is 4.57. The van der Waals surface area contributed by atoms with Crippen molar-refractivity contribution < 1.29 is 28.7 Å². The number of hydrogen-bond acceptors (Lipinski definition) is 7. The number of nitrogens with one attached hydrogen (secondary N) is 1. The van der Waals surface area contributed by atoms with Crippen LogP contribution in [0.4, 0.5) is 0 Å². The molecule has 3 aliphatic rings. The van der Waals surface area contributed by atoms with Gasteiger partial charge in [-0.2, -0.15) is 0 Å². The number of fused-ring (bicyclic) bond motifs is 1. The first-order chi connectivity index (χ1) is 15.9. The molecule has 0 radical (unpaired) electrons. The minimum Gasteiger partial charge on any atom is -0.454 e.